The topological polar surface area (TPSA) is 76.7 Å². The molecule has 0 unspecified atom stereocenters. The molecule has 130 valence electrons. The predicted octanol–water partition coefficient (Wildman–Crippen LogP) is 3.19. The van der Waals surface area contributed by atoms with E-state index in [0.29, 0.717) is 17.2 Å². The van der Waals surface area contributed by atoms with Gasteiger partial charge in [-0.3, -0.25) is 9.59 Å². The molecular formula is C20H16N2O4. The van der Waals surface area contributed by atoms with Gasteiger partial charge in [0.15, 0.2) is 13.2 Å². The molecule has 0 radical (unpaired) electrons. The second-order valence-electron chi connectivity index (χ2n) is 5.86. The van der Waals surface area contributed by atoms with Crippen molar-refractivity contribution in [3.8, 4) is 11.5 Å². The molecule has 0 aromatic heterocycles. The standard InChI is InChI=1S/C20H16N2O4/c23-19(21-16-7-3-5-13-4-1-2-6-15(13)16)11-25-14-8-9-18-17(10-14)22-20(24)12-26-18/h1-10H,11-12H2,(H,21,23)(H,22,24). The van der Waals surface area contributed by atoms with E-state index in [2.05, 4.69) is 10.6 Å². The Labute approximate surface area is 149 Å². The lowest BCUT2D eigenvalue weighted by Crippen LogP contribution is -2.25. The highest BCUT2D eigenvalue weighted by Crippen LogP contribution is 2.31. The number of amides is 2. The highest BCUT2D eigenvalue weighted by Gasteiger charge is 2.16. The van der Waals surface area contributed by atoms with Crippen LogP contribution in [0, 0.1) is 0 Å². The van der Waals surface area contributed by atoms with E-state index in [0.717, 1.165) is 16.5 Å². The van der Waals surface area contributed by atoms with Crippen LogP contribution in [0.2, 0.25) is 0 Å². The first-order valence-corrected chi connectivity index (χ1v) is 8.16. The first-order valence-electron chi connectivity index (χ1n) is 8.16. The quantitative estimate of drug-likeness (QED) is 0.759. The Bertz CT molecular complexity index is 995. The summed E-state index contributed by atoms with van der Waals surface area (Å²) < 4.78 is 10.8. The second kappa shape index (κ2) is 6.76. The van der Waals surface area contributed by atoms with E-state index in [1.807, 2.05) is 42.5 Å². The first kappa shape index (κ1) is 16.0. The minimum Gasteiger partial charge on any atom is -0.484 e. The van der Waals surface area contributed by atoms with Gasteiger partial charge in [-0.2, -0.15) is 0 Å². The molecule has 1 aliphatic heterocycles. The molecule has 0 fully saturated rings. The number of carbonyl (C=O) groups is 2. The van der Waals surface area contributed by atoms with Crippen LogP contribution in [0.3, 0.4) is 0 Å². The highest BCUT2D eigenvalue weighted by atomic mass is 16.5. The van der Waals surface area contributed by atoms with Crippen LogP contribution in [0.15, 0.2) is 60.7 Å². The highest BCUT2D eigenvalue weighted by molar-refractivity contribution is 6.02. The third-order valence-electron chi connectivity index (χ3n) is 4.02. The molecule has 0 atom stereocenters. The van der Waals surface area contributed by atoms with E-state index in [4.69, 9.17) is 9.47 Å². The number of anilines is 2. The van der Waals surface area contributed by atoms with Gasteiger partial charge < -0.3 is 20.1 Å². The number of rotatable bonds is 4. The van der Waals surface area contributed by atoms with Crippen LogP contribution in [0.1, 0.15) is 0 Å². The summed E-state index contributed by atoms with van der Waals surface area (Å²) in [6, 6.07) is 18.6. The zero-order valence-corrected chi connectivity index (χ0v) is 13.8. The Balaban J connectivity index is 1.43. The second-order valence-corrected chi connectivity index (χ2v) is 5.86. The molecule has 2 amide bonds. The van der Waals surface area contributed by atoms with Crippen LogP contribution in [0.5, 0.6) is 11.5 Å². The van der Waals surface area contributed by atoms with E-state index >= 15 is 0 Å². The van der Waals surface area contributed by atoms with Gasteiger partial charge in [0.1, 0.15) is 11.5 Å². The summed E-state index contributed by atoms with van der Waals surface area (Å²) in [4.78, 5) is 23.6. The van der Waals surface area contributed by atoms with Crippen LogP contribution in [-0.4, -0.2) is 25.0 Å². The average molecular weight is 348 g/mol. The minimum atomic E-state index is -0.264. The van der Waals surface area contributed by atoms with Gasteiger partial charge in [0.25, 0.3) is 11.8 Å². The zero-order valence-electron chi connectivity index (χ0n) is 13.8. The molecule has 0 spiro atoms. The number of hydrogen-bond donors (Lipinski definition) is 2. The van der Waals surface area contributed by atoms with Gasteiger partial charge in [-0.25, -0.2) is 0 Å². The van der Waals surface area contributed by atoms with E-state index in [-0.39, 0.29) is 25.0 Å². The monoisotopic (exact) mass is 348 g/mol. The number of benzene rings is 3. The van der Waals surface area contributed by atoms with Crippen LogP contribution in [-0.2, 0) is 9.59 Å². The molecule has 0 saturated heterocycles. The lowest BCUT2D eigenvalue weighted by molar-refractivity contribution is -0.119. The Morgan fingerprint density at radius 2 is 1.96 bits per heavy atom. The van der Waals surface area contributed by atoms with Crippen molar-refractivity contribution in [3.05, 3.63) is 60.7 Å². The van der Waals surface area contributed by atoms with Crippen LogP contribution < -0.4 is 20.1 Å². The molecule has 1 heterocycles. The van der Waals surface area contributed by atoms with Crippen LogP contribution in [0.4, 0.5) is 11.4 Å². The maximum atomic E-state index is 12.2. The summed E-state index contributed by atoms with van der Waals surface area (Å²) in [7, 11) is 0. The van der Waals surface area contributed by atoms with Crippen molar-refractivity contribution in [2.45, 2.75) is 0 Å². The molecule has 2 N–H and O–H groups in total. The molecule has 1 aliphatic rings. The average Bonchev–Trinajstić information content (AvgIpc) is 2.66. The number of carbonyl (C=O) groups excluding carboxylic acids is 2. The molecule has 0 saturated carbocycles. The summed E-state index contributed by atoms with van der Waals surface area (Å²) in [6.07, 6.45) is 0. The van der Waals surface area contributed by atoms with Gasteiger partial charge in [0, 0.05) is 17.1 Å². The van der Waals surface area contributed by atoms with Gasteiger partial charge >= 0.3 is 0 Å². The largest absolute Gasteiger partial charge is 0.484 e. The SMILES string of the molecule is O=C1COc2ccc(OCC(=O)Nc3cccc4ccccc34)cc2N1. The van der Waals surface area contributed by atoms with Gasteiger partial charge in [0.2, 0.25) is 0 Å². The van der Waals surface area contributed by atoms with Crippen molar-refractivity contribution in [1.82, 2.24) is 0 Å². The molecule has 3 aromatic rings. The minimum absolute atomic E-state index is 0.000637. The Morgan fingerprint density at radius 3 is 2.88 bits per heavy atom. The van der Waals surface area contributed by atoms with Gasteiger partial charge in [-0.15, -0.1) is 0 Å². The fourth-order valence-electron chi connectivity index (χ4n) is 2.82. The first-order chi connectivity index (χ1) is 12.7. The fraction of sp³-hybridized carbons (Fsp3) is 0.100. The molecule has 26 heavy (non-hydrogen) atoms. The fourth-order valence-corrected chi connectivity index (χ4v) is 2.82. The van der Waals surface area contributed by atoms with Crippen molar-refractivity contribution in [2.24, 2.45) is 0 Å². The molecule has 0 aliphatic carbocycles. The third kappa shape index (κ3) is 3.30. The number of hydrogen-bond acceptors (Lipinski definition) is 4. The summed E-state index contributed by atoms with van der Waals surface area (Å²) in [5.74, 6) is 0.572. The van der Waals surface area contributed by atoms with Crippen molar-refractivity contribution in [3.63, 3.8) is 0 Å². The number of fused-ring (bicyclic) bond motifs is 2. The van der Waals surface area contributed by atoms with Gasteiger partial charge in [-0.1, -0.05) is 36.4 Å². The number of nitrogens with one attached hydrogen (secondary N) is 2. The lowest BCUT2D eigenvalue weighted by Gasteiger charge is -2.18. The number of ether oxygens (including phenoxy) is 2. The molecule has 0 bridgehead atoms. The molecule has 3 aromatic carbocycles. The van der Waals surface area contributed by atoms with E-state index in [9.17, 15) is 9.59 Å². The molecule has 6 heteroatoms. The molecule has 4 rings (SSSR count). The van der Waals surface area contributed by atoms with Gasteiger partial charge in [0.05, 0.1) is 5.69 Å². The van der Waals surface area contributed by atoms with E-state index < -0.39 is 0 Å². The third-order valence-corrected chi connectivity index (χ3v) is 4.02. The summed E-state index contributed by atoms with van der Waals surface area (Å²) >= 11 is 0. The van der Waals surface area contributed by atoms with Crippen molar-refractivity contribution < 1.29 is 19.1 Å². The molecule has 6 nitrogen and oxygen atoms in total. The Morgan fingerprint density at radius 1 is 1.12 bits per heavy atom. The van der Waals surface area contributed by atoms with Gasteiger partial charge in [-0.05, 0) is 23.6 Å². The van der Waals surface area contributed by atoms with Crippen molar-refractivity contribution >= 4 is 34.0 Å². The predicted molar refractivity (Wildman–Crippen MR) is 98.6 cm³/mol. The summed E-state index contributed by atoms with van der Waals surface area (Å²) in [6.45, 7) is -0.141. The lowest BCUT2D eigenvalue weighted by atomic mass is 10.1. The summed E-state index contributed by atoms with van der Waals surface area (Å²) in [5, 5.41) is 7.59. The normalized spacial score (nSPS) is 12.7. The maximum absolute atomic E-state index is 12.2. The zero-order chi connectivity index (χ0) is 17.9. The Kier molecular flexibility index (Phi) is 4.15. The summed E-state index contributed by atoms with van der Waals surface area (Å²) in [5.41, 5.74) is 1.27. The maximum Gasteiger partial charge on any atom is 0.262 e. The Hall–Kier alpha value is -3.54. The van der Waals surface area contributed by atoms with E-state index in [1.54, 1.807) is 18.2 Å². The van der Waals surface area contributed by atoms with Crippen LogP contribution >= 0.6 is 0 Å². The van der Waals surface area contributed by atoms with Crippen molar-refractivity contribution in [2.75, 3.05) is 23.8 Å². The van der Waals surface area contributed by atoms with E-state index in [1.165, 1.54) is 0 Å². The van der Waals surface area contributed by atoms with Crippen molar-refractivity contribution in [1.29, 1.82) is 0 Å². The smallest absolute Gasteiger partial charge is 0.262 e. The van der Waals surface area contributed by atoms with Crippen LogP contribution in [0.25, 0.3) is 10.8 Å². The molecular weight excluding hydrogens is 332 g/mol.